The van der Waals surface area contributed by atoms with Crippen LogP contribution in [-0.4, -0.2) is 36.1 Å². The second kappa shape index (κ2) is 9.57. The number of carbonyl (C=O) groups is 1. The molecular weight excluding hydrogens is 418 g/mol. The summed E-state index contributed by atoms with van der Waals surface area (Å²) in [5.41, 5.74) is 1.47. The number of sulfonamides is 1. The van der Waals surface area contributed by atoms with Gasteiger partial charge >= 0.3 is 0 Å². The molecule has 0 heterocycles. The molecule has 2 aromatic carbocycles. The summed E-state index contributed by atoms with van der Waals surface area (Å²) in [5.74, 6) is -0.523. The van der Waals surface area contributed by atoms with Gasteiger partial charge in [-0.2, -0.15) is 4.31 Å². The molecule has 1 fully saturated rings. The average molecular weight is 446 g/mol. The number of nitro benzene ring substituents is 1. The molecule has 1 saturated carbocycles. The van der Waals surface area contributed by atoms with Crippen molar-refractivity contribution in [1.82, 2.24) is 4.31 Å². The molecule has 1 aliphatic rings. The molecule has 31 heavy (non-hydrogen) atoms. The average Bonchev–Trinajstić information content (AvgIpc) is 2.74. The highest BCUT2D eigenvalue weighted by atomic mass is 32.2. The predicted octanol–water partition coefficient (Wildman–Crippen LogP) is 4.17. The molecule has 0 spiro atoms. The molecule has 2 aromatic rings. The molecule has 1 N–H and O–H groups in total. The number of aryl methyl sites for hydroxylation is 1. The summed E-state index contributed by atoms with van der Waals surface area (Å²) in [6.45, 7) is 3.09. The molecular formula is C22H27N3O5S. The van der Waals surface area contributed by atoms with Crippen LogP contribution in [-0.2, 0) is 14.8 Å². The van der Waals surface area contributed by atoms with Gasteiger partial charge in [-0.15, -0.1) is 0 Å². The lowest BCUT2D eigenvalue weighted by molar-refractivity contribution is -0.385. The Bertz CT molecular complexity index is 1060. The van der Waals surface area contributed by atoms with Gasteiger partial charge in [-0.3, -0.25) is 14.9 Å². The molecule has 0 bridgehead atoms. The van der Waals surface area contributed by atoms with Crippen molar-refractivity contribution in [3.05, 3.63) is 63.7 Å². The van der Waals surface area contributed by atoms with Crippen LogP contribution in [0.2, 0.25) is 0 Å². The molecule has 0 atom stereocenters. The number of hydrogen-bond acceptors (Lipinski definition) is 5. The van der Waals surface area contributed by atoms with Gasteiger partial charge in [0.15, 0.2) is 0 Å². The highest BCUT2D eigenvalue weighted by molar-refractivity contribution is 7.89. The van der Waals surface area contributed by atoms with Gasteiger partial charge in [-0.1, -0.05) is 43.0 Å². The van der Waals surface area contributed by atoms with Gasteiger partial charge in [0, 0.05) is 12.1 Å². The highest BCUT2D eigenvalue weighted by Gasteiger charge is 2.34. The summed E-state index contributed by atoms with van der Waals surface area (Å²) < 4.78 is 28.1. The monoisotopic (exact) mass is 445 g/mol. The lowest BCUT2D eigenvalue weighted by atomic mass is 9.95. The summed E-state index contributed by atoms with van der Waals surface area (Å²) in [5, 5.41) is 13.8. The number of hydrogen-bond donors (Lipinski definition) is 1. The van der Waals surface area contributed by atoms with E-state index in [1.54, 1.807) is 37.3 Å². The Kier molecular flexibility index (Phi) is 7.07. The van der Waals surface area contributed by atoms with Crippen LogP contribution in [0.3, 0.4) is 0 Å². The van der Waals surface area contributed by atoms with Gasteiger partial charge in [0.25, 0.3) is 5.69 Å². The SMILES string of the molecule is Cc1ccc(S(=O)(=O)N(CC(=O)Nc2cccc([N+](=O)[O-])c2C)C2CCCCC2)cc1. The lowest BCUT2D eigenvalue weighted by Gasteiger charge is -2.33. The number of amides is 1. The number of nitrogens with zero attached hydrogens (tertiary/aromatic N) is 2. The standard InChI is InChI=1S/C22H27N3O5S/c1-16-11-13-19(14-12-16)31(29,30)24(18-7-4-3-5-8-18)15-22(26)23-20-9-6-10-21(17(20)2)25(27)28/h6,9-14,18H,3-5,7-8,15H2,1-2H3,(H,23,26). The van der Waals surface area contributed by atoms with E-state index in [-0.39, 0.29) is 23.2 Å². The molecule has 1 aliphatic carbocycles. The maximum atomic E-state index is 13.4. The van der Waals surface area contributed by atoms with Crippen LogP contribution in [0.1, 0.15) is 43.2 Å². The van der Waals surface area contributed by atoms with Crippen molar-refractivity contribution >= 4 is 27.3 Å². The first kappa shape index (κ1) is 22.9. The fourth-order valence-electron chi connectivity index (χ4n) is 3.91. The number of anilines is 1. The van der Waals surface area contributed by atoms with Crippen LogP contribution in [0.25, 0.3) is 0 Å². The third-order valence-corrected chi connectivity index (χ3v) is 7.60. The number of nitro groups is 1. The van der Waals surface area contributed by atoms with E-state index in [0.29, 0.717) is 24.1 Å². The smallest absolute Gasteiger partial charge is 0.274 e. The van der Waals surface area contributed by atoms with E-state index in [9.17, 15) is 23.3 Å². The maximum Gasteiger partial charge on any atom is 0.274 e. The van der Waals surface area contributed by atoms with E-state index < -0.39 is 20.9 Å². The van der Waals surface area contributed by atoms with Crippen LogP contribution in [0, 0.1) is 24.0 Å². The van der Waals surface area contributed by atoms with Crippen LogP contribution in [0.15, 0.2) is 47.4 Å². The lowest BCUT2D eigenvalue weighted by Crippen LogP contribution is -2.45. The van der Waals surface area contributed by atoms with Crippen LogP contribution in [0.4, 0.5) is 11.4 Å². The van der Waals surface area contributed by atoms with E-state index in [4.69, 9.17) is 0 Å². The van der Waals surface area contributed by atoms with Gasteiger partial charge in [0.1, 0.15) is 0 Å². The number of nitrogens with one attached hydrogen (secondary N) is 1. The summed E-state index contributed by atoms with van der Waals surface area (Å²) in [4.78, 5) is 23.6. The molecule has 0 aromatic heterocycles. The molecule has 9 heteroatoms. The number of carbonyl (C=O) groups excluding carboxylic acids is 1. The molecule has 1 amide bonds. The second-order valence-electron chi connectivity index (χ2n) is 7.91. The minimum Gasteiger partial charge on any atom is -0.324 e. The first-order valence-electron chi connectivity index (χ1n) is 10.3. The molecule has 0 radical (unpaired) electrons. The highest BCUT2D eigenvalue weighted by Crippen LogP contribution is 2.29. The van der Waals surface area contributed by atoms with Crippen LogP contribution >= 0.6 is 0 Å². The first-order valence-corrected chi connectivity index (χ1v) is 11.8. The van der Waals surface area contributed by atoms with E-state index in [1.165, 1.54) is 16.4 Å². The number of benzene rings is 2. The van der Waals surface area contributed by atoms with Crippen LogP contribution in [0.5, 0.6) is 0 Å². The zero-order valence-electron chi connectivity index (χ0n) is 17.7. The Labute approximate surface area is 182 Å². The minimum atomic E-state index is -3.87. The third-order valence-electron chi connectivity index (χ3n) is 5.68. The van der Waals surface area contributed by atoms with Gasteiger partial charge in [0.2, 0.25) is 15.9 Å². The maximum absolute atomic E-state index is 13.4. The molecule has 0 saturated heterocycles. The fraction of sp³-hybridized carbons (Fsp3) is 0.409. The van der Waals surface area contributed by atoms with Crippen molar-refractivity contribution in [2.75, 3.05) is 11.9 Å². The van der Waals surface area contributed by atoms with E-state index in [1.807, 2.05) is 6.92 Å². The van der Waals surface area contributed by atoms with Crippen molar-refractivity contribution in [3.63, 3.8) is 0 Å². The Balaban J connectivity index is 1.87. The molecule has 8 nitrogen and oxygen atoms in total. The van der Waals surface area contributed by atoms with Gasteiger partial charge < -0.3 is 5.32 Å². The van der Waals surface area contributed by atoms with Crippen molar-refractivity contribution in [1.29, 1.82) is 0 Å². The van der Waals surface area contributed by atoms with Gasteiger partial charge in [-0.25, -0.2) is 8.42 Å². The topological polar surface area (TPSA) is 110 Å². The van der Waals surface area contributed by atoms with Crippen molar-refractivity contribution < 1.29 is 18.1 Å². The van der Waals surface area contributed by atoms with Crippen molar-refractivity contribution in [3.8, 4) is 0 Å². The normalized spacial score (nSPS) is 15.1. The van der Waals surface area contributed by atoms with Crippen molar-refractivity contribution in [2.45, 2.75) is 56.9 Å². The van der Waals surface area contributed by atoms with E-state index >= 15 is 0 Å². The molecule has 166 valence electrons. The number of rotatable bonds is 7. The molecule has 0 unspecified atom stereocenters. The zero-order valence-corrected chi connectivity index (χ0v) is 18.5. The van der Waals surface area contributed by atoms with E-state index in [2.05, 4.69) is 5.32 Å². The summed E-state index contributed by atoms with van der Waals surface area (Å²) in [7, 11) is -3.87. The van der Waals surface area contributed by atoms with E-state index in [0.717, 1.165) is 24.8 Å². The van der Waals surface area contributed by atoms with Crippen molar-refractivity contribution in [2.24, 2.45) is 0 Å². The minimum absolute atomic E-state index is 0.103. The fourth-order valence-corrected chi connectivity index (χ4v) is 5.55. The molecule has 3 rings (SSSR count). The summed E-state index contributed by atoms with van der Waals surface area (Å²) >= 11 is 0. The van der Waals surface area contributed by atoms with Crippen LogP contribution < -0.4 is 5.32 Å². The molecule has 0 aliphatic heterocycles. The quantitative estimate of drug-likeness (QED) is 0.508. The Morgan fingerprint density at radius 3 is 2.35 bits per heavy atom. The predicted molar refractivity (Wildman–Crippen MR) is 118 cm³/mol. The first-order chi connectivity index (χ1) is 14.7. The van der Waals surface area contributed by atoms with Gasteiger partial charge in [0.05, 0.1) is 27.6 Å². The summed E-state index contributed by atoms with van der Waals surface area (Å²) in [6.07, 6.45) is 4.28. The summed E-state index contributed by atoms with van der Waals surface area (Å²) in [6, 6.07) is 10.8. The Hall–Kier alpha value is -2.78. The van der Waals surface area contributed by atoms with Gasteiger partial charge in [-0.05, 0) is 44.9 Å². The Morgan fingerprint density at radius 2 is 1.74 bits per heavy atom. The second-order valence-corrected chi connectivity index (χ2v) is 9.80. The third kappa shape index (κ3) is 5.29. The largest absolute Gasteiger partial charge is 0.324 e. The zero-order chi connectivity index (χ0) is 22.6. The Morgan fingerprint density at radius 1 is 1.10 bits per heavy atom.